The van der Waals surface area contributed by atoms with E-state index in [2.05, 4.69) is 0 Å². The minimum Gasteiger partial charge on any atom is -0.480 e. The molecule has 6 heteroatoms. The van der Waals surface area contributed by atoms with Crippen molar-refractivity contribution in [1.29, 1.82) is 0 Å². The van der Waals surface area contributed by atoms with Crippen LogP contribution in [0.3, 0.4) is 0 Å². The van der Waals surface area contributed by atoms with Crippen LogP contribution in [0.2, 0.25) is 0 Å². The van der Waals surface area contributed by atoms with E-state index in [1.807, 2.05) is 0 Å². The van der Waals surface area contributed by atoms with Gasteiger partial charge in [-0.3, -0.25) is 5.21 Å². The smallest absolute Gasteiger partial charge is 0.435 e. The van der Waals surface area contributed by atoms with Gasteiger partial charge in [-0.2, -0.15) is 5.06 Å². The highest BCUT2D eigenvalue weighted by molar-refractivity contribution is 5.79. The van der Waals surface area contributed by atoms with Crippen LogP contribution in [0.25, 0.3) is 0 Å². The van der Waals surface area contributed by atoms with Crippen LogP contribution in [-0.2, 0) is 16.0 Å². The fraction of sp³-hybridized carbons (Fsp3) is 0.429. The molecule has 0 aliphatic heterocycles. The van der Waals surface area contributed by atoms with Crippen molar-refractivity contribution >= 4 is 12.1 Å². The van der Waals surface area contributed by atoms with E-state index >= 15 is 0 Å². The molecule has 0 aliphatic carbocycles. The maximum atomic E-state index is 11.7. The highest BCUT2D eigenvalue weighted by Gasteiger charge is 2.32. The van der Waals surface area contributed by atoms with Gasteiger partial charge in [-0.25, -0.2) is 9.59 Å². The molecular formula is C14H19NO5. The number of ether oxygens (including phenoxy) is 1. The number of hydrogen-bond donors (Lipinski definition) is 2. The van der Waals surface area contributed by atoms with E-state index in [0.29, 0.717) is 5.56 Å². The normalized spacial score (nSPS) is 12.6. The second-order valence-electron chi connectivity index (χ2n) is 5.37. The zero-order valence-electron chi connectivity index (χ0n) is 11.7. The number of carbonyl (C=O) groups excluding carboxylic acids is 1. The molecule has 1 aromatic carbocycles. The first-order valence-electron chi connectivity index (χ1n) is 6.18. The average Bonchev–Trinajstić information content (AvgIpc) is 2.34. The van der Waals surface area contributed by atoms with Gasteiger partial charge in [0.15, 0.2) is 6.04 Å². The van der Waals surface area contributed by atoms with Crippen molar-refractivity contribution < 1.29 is 24.6 Å². The van der Waals surface area contributed by atoms with Gasteiger partial charge in [-0.05, 0) is 26.3 Å². The SMILES string of the molecule is CC(C)(C)OC(=O)N(O)[C@H](Cc1ccccc1)C(=O)O. The number of aliphatic carboxylic acids is 1. The summed E-state index contributed by atoms with van der Waals surface area (Å²) < 4.78 is 4.94. The van der Waals surface area contributed by atoms with Gasteiger partial charge in [0, 0.05) is 6.42 Å². The van der Waals surface area contributed by atoms with Crippen LogP contribution in [0, 0.1) is 0 Å². The first kappa shape index (κ1) is 16.0. The van der Waals surface area contributed by atoms with E-state index in [1.54, 1.807) is 51.1 Å². The predicted octanol–water partition coefficient (Wildman–Crippen LogP) is 2.31. The molecule has 0 spiro atoms. The highest BCUT2D eigenvalue weighted by Crippen LogP contribution is 2.13. The standard InChI is InChI=1S/C14H19NO5/c1-14(2,3)20-13(18)15(19)11(12(16)17)9-10-7-5-4-6-8-10/h4-8,11,19H,9H2,1-3H3,(H,16,17)/t11-/m1/s1. The van der Waals surface area contributed by atoms with Crippen LogP contribution < -0.4 is 0 Å². The van der Waals surface area contributed by atoms with Gasteiger partial charge < -0.3 is 9.84 Å². The minimum absolute atomic E-state index is 0.00802. The number of carboxylic acid groups (broad SMARTS) is 1. The molecule has 1 aromatic rings. The number of carbonyl (C=O) groups is 2. The van der Waals surface area contributed by atoms with Crippen molar-refractivity contribution in [2.45, 2.75) is 38.8 Å². The largest absolute Gasteiger partial charge is 0.480 e. The molecule has 2 N–H and O–H groups in total. The number of hydroxylamine groups is 2. The monoisotopic (exact) mass is 281 g/mol. The lowest BCUT2D eigenvalue weighted by Gasteiger charge is -2.26. The molecule has 20 heavy (non-hydrogen) atoms. The van der Waals surface area contributed by atoms with Gasteiger partial charge in [0.05, 0.1) is 0 Å². The molecule has 0 fully saturated rings. The van der Waals surface area contributed by atoms with Crippen molar-refractivity contribution in [1.82, 2.24) is 5.06 Å². The summed E-state index contributed by atoms with van der Waals surface area (Å²) in [6.45, 7) is 4.89. The van der Waals surface area contributed by atoms with Gasteiger partial charge >= 0.3 is 12.1 Å². The van der Waals surface area contributed by atoms with Crippen molar-refractivity contribution in [2.24, 2.45) is 0 Å². The van der Waals surface area contributed by atoms with Gasteiger partial charge in [0.1, 0.15) is 5.60 Å². The highest BCUT2D eigenvalue weighted by atomic mass is 16.6. The quantitative estimate of drug-likeness (QED) is 0.653. The third kappa shape index (κ3) is 4.89. The molecule has 1 amide bonds. The lowest BCUT2D eigenvalue weighted by molar-refractivity contribution is -0.164. The summed E-state index contributed by atoms with van der Waals surface area (Å²) in [6, 6.07) is 7.35. The molecule has 0 heterocycles. The third-order valence-electron chi connectivity index (χ3n) is 2.43. The number of hydrogen-bond acceptors (Lipinski definition) is 4. The fourth-order valence-electron chi connectivity index (χ4n) is 1.55. The van der Waals surface area contributed by atoms with Crippen molar-refractivity contribution in [3.05, 3.63) is 35.9 Å². The molecule has 0 saturated heterocycles. The van der Waals surface area contributed by atoms with Crippen LogP contribution >= 0.6 is 0 Å². The number of amides is 1. The fourth-order valence-corrected chi connectivity index (χ4v) is 1.55. The summed E-state index contributed by atoms with van der Waals surface area (Å²) in [6.07, 6.45) is -1.09. The zero-order valence-corrected chi connectivity index (χ0v) is 11.7. The Kier molecular flexibility index (Phi) is 5.10. The van der Waals surface area contributed by atoms with Crippen molar-refractivity contribution in [3.8, 4) is 0 Å². The number of nitrogens with zero attached hydrogens (tertiary/aromatic N) is 1. The van der Waals surface area contributed by atoms with Crippen LogP contribution in [0.1, 0.15) is 26.3 Å². The Balaban J connectivity index is 2.81. The molecule has 0 unspecified atom stereocenters. The van der Waals surface area contributed by atoms with E-state index in [-0.39, 0.29) is 11.5 Å². The van der Waals surface area contributed by atoms with E-state index < -0.39 is 23.7 Å². The Labute approximate surface area is 117 Å². The minimum atomic E-state index is -1.40. The van der Waals surface area contributed by atoms with E-state index in [1.165, 1.54) is 0 Å². The first-order valence-corrected chi connectivity index (χ1v) is 6.18. The van der Waals surface area contributed by atoms with Gasteiger partial charge in [-0.1, -0.05) is 30.3 Å². The molecule has 0 aromatic heterocycles. The maximum absolute atomic E-state index is 11.7. The van der Waals surface area contributed by atoms with Gasteiger partial charge in [0.25, 0.3) is 0 Å². The Morgan fingerprint density at radius 3 is 2.25 bits per heavy atom. The summed E-state index contributed by atoms with van der Waals surface area (Å²) in [5, 5.41) is 19.0. The topological polar surface area (TPSA) is 87.1 Å². The van der Waals surface area contributed by atoms with Crippen LogP contribution in [0.4, 0.5) is 4.79 Å². The Bertz CT molecular complexity index is 466. The van der Waals surface area contributed by atoms with Crippen LogP contribution in [0.15, 0.2) is 30.3 Å². The van der Waals surface area contributed by atoms with Crippen molar-refractivity contribution in [3.63, 3.8) is 0 Å². The van der Waals surface area contributed by atoms with E-state index in [9.17, 15) is 14.8 Å². The van der Waals surface area contributed by atoms with Gasteiger partial charge in [0.2, 0.25) is 0 Å². The van der Waals surface area contributed by atoms with E-state index in [0.717, 1.165) is 0 Å². The molecule has 1 atom stereocenters. The van der Waals surface area contributed by atoms with Gasteiger partial charge in [-0.15, -0.1) is 0 Å². The summed E-state index contributed by atoms with van der Waals surface area (Å²) in [5.74, 6) is -1.30. The molecule has 0 aliphatic rings. The molecule has 110 valence electrons. The number of rotatable bonds is 4. The average molecular weight is 281 g/mol. The molecule has 1 rings (SSSR count). The summed E-state index contributed by atoms with van der Waals surface area (Å²) in [7, 11) is 0. The molecule has 6 nitrogen and oxygen atoms in total. The van der Waals surface area contributed by atoms with Crippen LogP contribution in [0.5, 0.6) is 0 Å². The first-order chi connectivity index (χ1) is 9.20. The van der Waals surface area contributed by atoms with E-state index in [4.69, 9.17) is 9.84 Å². The zero-order chi connectivity index (χ0) is 15.3. The lowest BCUT2D eigenvalue weighted by atomic mass is 10.1. The molecule has 0 radical (unpaired) electrons. The predicted molar refractivity (Wildman–Crippen MR) is 71.4 cm³/mol. The lowest BCUT2D eigenvalue weighted by Crippen LogP contribution is -2.46. The second-order valence-corrected chi connectivity index (χ2v) is 5.37. The summed E-state index contributed by atoms with van der Waals surface area (Å²) in [5.41, 5.74) is -0.115. The second kappa shape index (κ2) is 6.38. The Morgan fingerprint density at radius 1 is 1.25 bits per heavy atom. The maximum Gasteiger partial charge on any atom is 0.435 e. The third-order valence-corrected chi connectivity index (χ3v) is 2.43. The number of benzene rings is 1. The summed E-state index contributed by atoms with van der Waals surface area (Å²) in [4.78, 5) is 22.9. The van der Waals surface area contributed by atoms with Crippen molar-refractivity contribution in [2.75, 3.05) is 0 Å². The summed E-state index contributed by atoms with van der Waals surface area (Å²) >= 11 is 0. The Hall–Kier alpha value is -2.08. The van der Waals surface area contributed by atoms with Crippen LogP contribution in [-0.4, -0.2) is 39.1 Å². The molecule has 0 saturated carbocycles. The Morgan fingerprint density at radius 2 is 1.80 bits per heavy atom. The molecule has 0 bridgehead atoms. The molecular weight excluding hydrogens is 262 g/mol. The number of carboxylic acids is 1.